The molecule has 0 fully saturated rings. The van der Waals surface area contributed by atoms with Crippen LogP contribution in [-0.2, 0) is 4.79 Å². The topological polar surface area (TPSA) is 80.4 Å². The molecule has 0 saturated carbocycles. The van der Waals surface area contributed by atoms with Gasteiger partial charge in [0.1, 0.15) is 0 Å². The Balaban J connectivity index is 2.90. The van der Waals surface area contributed by atoms with Gasteiger partial charge in [-0.25, -0.2) is 0 Å². The van der Waals surface area contributed by atoms with Gasteiger partial charge in [0.05, 0.1) is 10.7 Å². The minimum absolute atomic E-state index is 0.0199. The van der Waals surface area contributed by atoms with Gasteiger partial charge in [0.2, 0.25) is 0 Å². The number of hydrogen-bond acceptors (Lipinski definition) is 4. The summed E-state index contributed by atoms with van der Waals surface area (Å²) < 4.78 is 0. The van der Waals surface area contributed by atoms with Crippen LogP contribution in [0.15, 0.2) is 23.1 Å². The van der Waals surface area contributed by atoms with E-state index >= 15 is 0 Å². The van der Waals surface area contributed by atoms with Gasteiger partial charge in [0.15, 0.2) is 0 Å². The van der Waals surface area contributed by atoms with Gasteiger partial charge in [-0.3, -0.25) is 14.9 Å². The van der Waals surface area contributed by atoms with E-state index in [1.54, 1.807) is 13.0 Å². The molecule has 1 aromatic carbocycles. The van der Waals surface area contributed by atoms with Gasteiger partial charge in [-0.05, 0) is 12.5 Å². The van der Waals surface area contributed by atoms with Crippen molar-refractivity contribution >= 4 is 23.4 Å². The molecule has 0 saturated heterocycles. The highest BCUT2D eigenvalue weighted by Crippen LogP contribution is 2.26. The Morgan fingerprint density at radius 2 is 2.27 bits per heavy atom. The first kappa shape index (κ1) is 11.5. The Labute approximate surface area is 90.3 Å². The van der Waals surface area contributed by atoms with Gasteiger partial charge in [-0.1, -0.05) is 6.07 Å². The van der Waals surface area contributed by atoms with Crippen molar-refractivity contribution in [2.75, 3.05) is 5.75 Å². The fraction of sp³-hybridized carbons (Fsp3) is 0.222. The first-order valence-electron chi connectivity index (χ1n) is 4.10. The van der Waals surface area contributed by atoms with Crippen molar-refractivity contribution in [2.45, 2.75) is 11.8 Å². The summed E-state index contributed by atoms with van der Waals surface area (Å²) in [6, 6.07) is 4.41. The molecular weight excluding hydrogens is 218 g/mol. The van der Waals surface area contributed by atoms with Crippen LogP contribution in [0.1, 0.15) is 5.56 Å². The molecule has 0 heterocycles. The predicted molar refractivity (Wildman–Crippen MR) is 56.2 cm³/mol. The van der Waals surface area contributed by atoms with Crippen LogP contribution in [0, 0.1) is 17.0 Å². The van der Waals surface area contributed by atoms with Crippen LogP contribution >= 0.6 is 11.8 Å². The van der Waals surface area contributed by atoms with Crippen molar-refractivity contribution < 1.29 is 14.8 Å². The summed E-state index contributed by atoms with van der Waals surface area (Å²) in [5, 5.41) is 19.0. The van der Waals surface area contributed by atoms with Crippen molar-refractivity contribution in [3.8, 4) is 0 Å². The second kappa shape index (κ2) is 4.79. The monoisotopic (exact) mass is 227 g/mol. The molecule has 0 radical (unpaired) electrons. The first-order valence-corrected chi connectivity index (χ1v) is 5.09. The van der Waals surface area contributed by atoms with Crippen molar-refractivity contribution in [3.63, 3.8) is 0 Å². The molecule has 80 valence electrons. The fourth-order valence-corrected chi connectivity index (χ4v) is 1.78. The lowest BCUT2D eigenvalue weighted by molar-refractivity contribution is -0.385. The second-order valence-electron chi connectivity index (χ2n) is 2.89. The number of carboxylic acids is 1. The molecule has 0 atom stereocenters. The van der Waals surface area contributed by atoms with Gasteiger partial charge in [0.25, 0.3) is 5.69 Å². The van der Waals surface area contributed by atoms with E-state index in [4.69, 9.17) is 5.11 Å². The first-order chi connectivity index (χ1) is 7.00. The van der Waals surface area contributed by atoms with E-state index in [9.17, 15) is 14.9 Å². The molecule has 0 aromatic heterocycles. The number of carbonyl (C=O) groups is 1. The van der Waals surface area contributed by atoms with E-state index in [0.29, 0.717) is 4.90 Å². The van der Waals surface area contributed by atoms with Gasteiger partial charge >= 0.3 is 5.97 Å². The maximum atomic E-state index is 10.5. The smallest absolute Gasteiger partial charge is 0.313 e. The van der Waals surface area contributed by atoms with Gasteiger partial charge in [-0.2, -0.15) is 0 Å². The Kier molecular flexibility index (Phi) is 3.68. The zero-order valence-electron chi connectivity index (χ0n) is 7.97. The number of nitrogens with zero attached hydrogens (tertiary/aromatic N) is 1. The maximum absolute atomic E-state index is 10.5. The standard InChI is InChI=1S/C9H9NO4S/c1-6-2-3-7(10(13)14)4-8(6)15-5-9(11)12/h2-4H,5H2,1H3,(H,11,12). The molecule has 0 aliphatic heterocycles. The average molecular weight is 227 g/mol. The quantitative estimate of drug-likeness (QED) is 0.484. The van der Waals surface area contributed by atoms with Gasteiger partial charge in [-0.15, -0.1) is 11.8 Å². The number of thioether (sulfide) groups is 1. The third-order valence-corrected chi connectivity index (χ3v) is 2.88. The summed E-state index contributed by atoms with van der Waals surface area (Å²) in [7, 11) is 0. The molecule has 1 rings (SSSR count). The molecule has 0 aliphatic carbocycles. The number of nitro benzene ring substituents is 1. The van der Waals surface area contributed by atoms with Crippen molar-refractivity contribution in [1.82, 2.24) is 0 Å². The lowest BCUT2D eigenvalue weighted by atomic mass is 10.2. The number of aliphatic carboxylic acids is 1. The number of rotatable bonds is 4. The SMILES string of the molecule is Cc1ccc([N+](=O)[O-])cc1SCC(=O)O. The molecule has 15 heavy (non-hydrogen) atoms. The van der Waals surface area contributed by atoms with Gasteiger partial charge in [0, 0.05) is 17.0 Å². The third kappa shape index (κ3) is 3.25. The largest absolute Gasteiger partial charge is 0.481 e. The molecule has 5 nitrogen and oxygen atoms in total. The maximum Gasteiger partial charge on any atom is 0.313 e. The zero-order valence-corrected chi connectivity index (χ0v) is 8.78. The second-order valence-corrected chi connectivity index (χ2v) is 3.91. The summed E-state index contributed by atoms with van der Waals surface area (Å²) in [5.41, 5.74) is 0.820. The van der Waals surface area contributed by atoms with Crippen LogP contribution in [0.4, 0.5) is 5.69 Å². The predicted octanol–water partition coefficient (Wildman–Crippen LogP) is 2.08. The van der Waals surface area contributed by atoms with E-state index < -0.39 is 10.9 Å². The minimum Gasteiger partial charge on any atom is -0.481 e. The molecule has 1 aromatic rings. The number of non-ortho nitro benzene ring substituents is 1. The Morgan fingerprint density at radius 1 is 1.60 bits per heavy atom. The van der Waals surface area contributed by atoms with Crippen LogP contribution in [0.5, 0.6) is 0 Å². The van der Waals surface area contributed by atoms with Crippen LogP contribution in [0.25, 0.3) is 0 Å². The van der Waals surface area contributed by atoms with Gasteiger partial charge < -0.3 is 5.11 Å². The normalized spacial score (nSPS) is 9.93. The molecule has 6 heteroatoms. The van der Waals surface area contributed by atoms with Crippen LogP contribution in [0.3, 0.4) is 0 Å². The van der Waals surface area contributed by atoms with E-state index in [1.165, 1.54) is 12.1 Å². The number of aryl methyl sites for hydroxylation is 1. The highest BCUT2D eigenvalue weighted by molar-refractivity contribution is 8.00. The van der Waals surface area contributed by atoms with Crippen LogP contribution < -0.4 is 0 Å². The Morgan fingerprint density at radius 3 is 2.80 bits per heavy atom. The highest BCUT2D eigenvalue weighted by atomic mass is 32.2. The molecule has 0 bridgehead atoms. The Bertz CT molecular complexity index is 405. The highest BCUT2D eigenvalue weighted by Gasteiger charge is 2.09. The van der Waals surface area contributed by atoms with Crippen LogP contribution in [-0.4, -0.2) is 21.8 Å². The number of benzene rings is 1. The van der Waals surface area contributed by atoms with Crippen molar-refractivity contribution in [3.05, 3.63) is 33.9 Å². The lowest BCUT2D eigenvalue weighted by Gasteiger charge is -2.02. The minimum atomic E-state index is -0.939. The summed E-state index contributed by atoms with van der Waals surface area (Å²) in [6.45, 7) is 1.79. The zero-order chi connectivity index (χ0) is 11.4. The average Bonchev–Trinajstić information content (AvgIpc) is 2.16. The molecule has 0 aliphatic rings. The van der Waals surface area contributed by atoms with Crippen molar-refractivity contribution in [1.29, 1.82) is 0 Å². The fourth-order valence-electron chi connectivity index (χ4n) is 0.997. The molecular formula is C9H9NO4S. The number of nitro groups is 1. The molecule has 0 amide bonds. The number of hydrogen-bond donors (Lipinski definition) is 1. The summed E-state index contributed by atoms with van der Waals surface area (Å²) in [4.78, 5) is 21.0. The van der Waals surface area contributed by atoms with Crippen molar-refractivity contribution in [2.24, 2.45) is 0 Å². The molecule has 1 N–H and O–H groups in total. The molecule has 0 unspecified atom stereocenters. The lowest BCUT2D eigenvalue weighted by Crippen LogP contribution is -1.98. The van der Waals surface area contributed by atoms with E-state index in [1.807, 2.05) is 0 Å². The summed E-state index contributed by atoms with van der Waals surface area (Å²) >= 11 is 1.08. The third-order valence-electron chi connectivity index (χ3n) is 1.73. The van der Waals surface area contributed by atoms with Crippen LogP contribution in [0.2, 0.25) is 0 Å². The van der Waals surface area contributed by atoms with E-state index in [0.717, 1.165) is 17.3 Å². The summed E-state index contributed by atoms with van der Waals surface area (Å²) in [5.74, 6) is -1.03. The number of carboxylic acid groups (broad SMARTS) is 1. The summed E-state index contributed by atoms with van der Waals surface area (Å²) in [6.07, 6.45) is 0. The van der Waals surface area contributed by atoms with E-state index in [2.05, 4.69) is 0 Å². The Hall–Kier alpha value is -1.56. The molecule has 0 spiro atoms. The van der Waals surface area contributed by atoms with E-state index in [-0.39, 0.29) is 11.4 Å².